The summed E-state index contributed by atoms with van der Waals surface area (Å²) in [5.41, 5.74) is 0.847. The highest BCUT2D eigenvalue weighted by atomic mass is 16.6. The maximum atomic E-state index is 12.6. The molecule has 0 N–H and O–H groups in total. The van der Waals surface area contributed by atoms with Gasteiger partial charge in [0.05, 0.1) is 18.1 Å². The summed E-state index contributed by atoms with van der Waals surface area (Å²) in [6.07, 6.45) is 3.07. The molecule has 0 bridgehead atoms. The molecule has 0 aliphatic carbocycles. The van der Waals surface area contributed by atoms with Crippen LogP contribution in [0, 0.1) is 11.3 Å². The third kappa shape index (κ3) is 4.52. The molecule has 0 fully saturated rings. The van der Waals surface area contributed by atoms with E-state index in [0.29, 0.717) is 36.0 Å². The lowest BCUT2D eigenvalue weighted by atomic mass is 10.2. The van der Waals surface area contributed by atoms with Gasteiger partial charge in [-0.2, -0.15) is 5.26 Å². The van der Waals surface area contributed by atoms with Crippen molar-refractivity contribution in [2.24, 2.45) is 0 Å². The summed E-state index contributed by atoms with van der Waals surface area (Å²) < 4.78 is 16.1. The monoisotopic (exact) mass is 367 g/mol. The van der Waals surface area contributed by atoms with Gasteiger partial charge in [0.2, 0.25) is 0 Å². The van der Waals surface area contributed by atoms with Crippen molar-refractivity contribution < 1.29 is 23.8 Å². The van der Waals surface area contributed by atoms with E-state index in [1.165, 1.54) is 29.4 Å². The molecular formula is C19H17N3O5. The molecule has 3 rings (SSSR count). The van der Waals surface area contributed by atoms with Crippen molar-refractivity contribution in [2.45, 2.75) is 6.42 Å². The van der Waals surface area contributed by atoms with Crippen molar-refractivity contribution in [1.82, 2.24) is 4.98 Å². The Morgan fingerprint density at radius 3 is 2.63 bits per heavy atom. The number of anilines is 1. The molecule has 0 unspecified atom stereocenters. The molecule has 1 aromatic heterocycles. The molecule has 1 amide bonds. The van der Waals surface area contributed by atoms with E-state index in [-0.39, 0.29) is 13.0 Å². The van der Waals surface area contributed by atoms with Crippen LogP contribution in [0.4, 0.5) is 5.69 Å². The standard InChI is InChI=1S/C19H17N3O5/c20-6-1-9-22(15-2-3-16-17(12-15)26-11-10-25-16)18(23)13-27-19(24)14-4-7-21-8-5-14/h2-5,7-8,12H,1,9-11,13H2. The summed E-state index contributed by atoms with van der Waals surface area (Å²) in [6.45, 7) is 0.614. The number of amides is 1. The summed E-state index contributed by atoms with van der Waals surface area (Å²) in [7, 11) is 0. The first-order valence-corrected chi connectivity index (χ1v) is 8.33. The highest BCUT2D eigenvalue weighted by molar-refractivity contribution is 5.97. The molecule has 2 heterocycles. The molecule has 27 heavy (non-hydrogen) atoms. The van der Waals surface area contributed by atoms with Crippen LogP contribution in [-0.4, -0.2) is 43.2 Å². The fourth-order valence-corrected chi connectivity index (χ4v) is 2.54. The molecule has 8 heteroatoms. The molecule has 8 nitrogen and oxygen atoms in total. The second kappa shape index (κ2) is 8.67. The summed E-state index contributed by atoms with van der Waals surface area (Å²) in [6, 6.07) is 10.1. The number of carbonyl (C=O) groups is 2. The fourth-order valence-electron chi connectivity index (χ4n) is 2.54. The van der Waals surface area contributed by atoms with Crippen molar-refractivity contribution in [1.29, 1.82) is 5.26 Å². The lowest BCUT2D eigenvalue weighted by Crippen LogP contribution is -2.35. The van der Waals surface area contributed by atoms with Gasteiger partial charge in [-0.1, -0.05) is 0 Å². The minimum atomic E-state index is -0.617. The number of nitriles is 1. The number of pyridine rings is 1. The number of aromatic nitrogens is 1. The van der Waals surface area contributed by atoms with Gasteiger partial charge in [-0.05, 0) is 24.3 Å². The highest BCUT2D eigenvalue weighted by Crippen LogP contribution is 2.34. The Bertz CT molecular complexity index is 863. The molecule has 0 saturated carbocycles. The Balaban J connectivity index is 1.71. The lowest BCUT2D eigenvalue weighted by Gasteiger charge is -2.24. The van der Waals surface area contributed by atoms with E-state index >= 15 is 0 Å². The Morgan fingerprint density at radius 1 is 1.15 bits per heavy atom. The summed E-state index contributed by atoms with van der Waals surface area (Å²) in [4.78, 5) is 29.8. The number of rotatable bonds is 6. The smallest absolute Gasteiger partial charge is 0.338 e. The van der Waals surface area contributed by atoms with Crippen LogP contribution in [0.1, 0.15) is 16.8 Å². The van der Waals surface area contributed by atoms with Gasteiger partial charge < -0.3 is 19.1 Å². The highest BCUT2D eigenvalue weighted by Gasteiger charge is 2.21. The minimum absolute atomic E-state index is 0.137. The van der Waals surface area contributed by atoms with Crippen molar-refractivity contribution in [3.63, 3.8) is 0 Å². The van der Waals surface area contributed by atoms with Crippen LogP contribution < -0.4 is 14.4 Å². The summed E-state index contributed by atoms with van der Waals surface area (Å²) in [5.74, 6) is 0.0709. The molecule has 0 saturated heterocycles. The second-order valence-electron chi connectivity index (χ2n) is 5.59. The van der Waals surface area contributed by atoms with Crippen molar-refractivity contribution >= 4 is 17.6 Å². The number of nitrogens with zero attached hydrogens (tertiary/aromatic N) is 3. The van der Waals surface area contributed by atoms with Crippen LogP contribution in [-0.2, 0) is 9.53 Å². The third-order valence-electron chi connectivity index (χ3n) is 3.83. The van der Waals surface area contributed by atoms with E-state index in [9.17, 15) is 9.59 Å². The van der Waals surface area contributed by atoms with E-state index in [1.807, 2.05) is 6.07 Å². The quantitative estimate of drug-likeness (QED) is 0.719. The number of esters is 1. The van der Waals surface area contributed by atoms with Crippen LogP contribution in [0.3, 0.4) is 0 Å². The van der Waals surface area contributed by atoms with Crippen LogP contribution in [0.5, 0.6) is 11.5 Å². The molecule has 1 aliphatic heterocycles. The molecule has 1 aliphatic rings. The number of carbonyl (C=O) groups excluding carboxylic acids is 2. The van der Waals surface area contributed by atoms with Crippen LogP contribution in [0.15, 0.2) is 42.7 Å². The number of fused-ring (bicyclic) bond motifs is 1. The molecule has 0 spiro atoms. The average molecular weight is 367 g/mol. The van der Waals surface area contributed by atoms with Crippen molar-refractivity contribution in [3.05, 3.63) is 48.3 Å². The largest absolute Gasteiger partial charge is 0.486 e. The fraction of sp³-hybridized carbons (Fsp3) is 0.263. The maximum absolute atomic E-state index is 12.6. The first-order valence-electron chi connectivity index (χ1n) is 8.33. The van der Waals surface area contributed by atoms with E-state index in [4.69, 9.17) is 19.5 Å². The van der Waals surface area contributed by atoms with Gasteiger partial charge in [0.25, 0.3) is 5.91 Å². The van der Waals surface area contributed by atoms with Crippen LogP contribution in [0.25, 0.3) is 0 Å². The number of hydrogen-bond donors (Lipinski definition) is 0. The van der Waals surface area contributed by atoms with E-state index in [2.05, 4.69) is 4.98 Å². The molecule has 1 aromatic carbocycles. The zero-order valence-electron chi connectivity index (χ0n) is 14.5. The van der Waals surface area contributed by atoms with Gasteiger partial charge in [0.1, 0.15) is 13.2 Å². The maximum Gasteiger partial charge on any atom is 0.338 e. The van der Waals surface area contributed by atoms with Gasteiger partial charge in [-0.25, -0.2) is 4.79 Å². The number of hydrogen-bond acceptors (Lipinski definition) is 7. The Hall–Kier alpha value is -3.60. The van der Waals surface area contributed by atoms with E-state index < -0.39 is 18.5 Å². The van der Waals surface area contributed by atoms with Gasteiger partial charge in [0.15, 0.2) is 18.1 Å². The molecule has 138 valence electrons. The lowest BCUT2D eigenvalue weighted by molar-refractivity contribution is -0.121. The molecule has 2 aromatic rings. The Morgan fingerprint density at radius 2 is 1.89 bits per heavy atom. The Labute approximate surface area is 155 Å². The van der Waals surface area contributed by atoms with Gasteiger partial charge in [-0.15, -0.1) is 0 Å². The van der Waals surface area contributed by atoms with Crippen molar-refractivity contribution in [2.75, 3.05) is 31.3 Å². The second-order valence-corrected chi connectivity index (χ2v) is 5.59. The average Bonchev–Trinajstić information content (AvgIpc) is 2.72. The topological polar surface area (TPSA) is 102 Å². The predicted octanol–water partition coefficient (Wildman–Crippen LogP) is 1.96. The number of ether oxygens (including phenoxy) is 3. The van der Waals surface area contributed by atoms with Gasteiger partial charge in [-0.3, -0.25) is 9.78 Å². The first kappa shape index (κ1) is 18.2. The molecular weight excluding hydrogens is 350 g/mol. The summed E-state index contributed by atoms with van der Waals surface area (Å²) >= 11 is 0. The molecule has 0 atom stereocenters. The summed E-state index contributed by atoms with van der Waals surface area (Å²) in [5, 5.41) is 8.88. The van der Waals surface area contributed by atoms with E-state index in [1.54, 1.807) is 18.2 Å². The van der Waals surface area contributed by atoms with E-state index in [0.717, 1.165) is 0 Å². The third-order valence-corrected chi connectivity index (χ3v) is 3.83. The van der Waals surface area contributed by atoms with Crippen LogP contribution in [0.2, 0.25) is 0 Å². The zero-order valence-corrected chi connectivity index (χ0v) is 14.5. The van der Waals surface area contributed by atoms with Crippen molar-refractivity contribution in [3.8, 4) is 17.6 Å². The number of benzene rings is 1. The van der Waals surface area contributed by atoms with Crippen LogP contribution >= 0.6 is 0 Å². The first-order chi connectivity index (χ1) is 13.2. The zero-order chi connectivity index (χ0) is 19.1. The van der Waals surface area contributed by atoms with Gasteiger partial charge in [0, 0.05) is 30.7 Å². The predicted molar refractivity (Wildman–Crippen MR) is 94.5 cm³/mol. The Kier molecular flexibility index (Phi) is 5.84. The SMILES string of the molecule is N#CCCN(C(=O)COC(=O)c1ccncc1)c1ccc2c(c1)OCCO2. The van der Waals surface area contributed by atoms with Gasteiger partial charge >= 0.3 is 5.97 Å². The normalized spacial score (nSPS) is 12.0. The minimum Gasteiger partial charge on any atom is -0.486 e. The molecule has 0 radical (unpaired) electrons.